The average molecular weight is 473 g/mol. The summed E-state index contributed by atoms with van der Waals surface area (Å²) in [5, 5.41) is 0. The van der Waals surface area contributed by atoms with E-state index >= 15 is 0 Å². The van der Waals surface area contributed by atoms with Crippen LogP contribution in [-0.2, 0) is 4.74 Å². The molecule has 0 heterocycles. The molecule has 1 aliphatic carbocycles. The van der Waals surface area contributed by atoms with Crippen molar-refractivity contribution < 1.29 is 9.47 Å². The highest BCUT2D eigenvalue weighted by molar-refractivity contribution is 6.05. The molecule has 0 bridgehead atoms. The molecule has 0 aromatic heterocycles. The zero-order chi connectivity index (χ0) is 26.2. The van der Waals surface area contributed by atoms with Crippen molar-refractivity contribution in [2.75, 3.05) is 26.2 Å². The van der Waals surface area contributed by atoms with Crippen molar-refractivity contribution in [1.29, 1.82) is 0 Å². The molecule has 2 unspecified atom stereocenters. The summed E-state index contributed by atoms with van der Waals surface area (Å²) in [4.78, 5) is 6.81. The lowest BCUT2D eigenvalue weighted by Gasteiger charge is -2.35. The Morgan fingerprint density at radius 1 is 0.971 bits per heavy atom. The summed E-state index contributed by atoms with van der Waals surface area (Å²) >= 11 is 0. The first-order chi connectivity index (χ1) is 17.2. The molecule has 0 radical (unpaired) electrons. The topological polar surface area (TPSA) is 34.1 Å². The summed E-state index contributed by atoms with van der Waals surface area (Å²) in [6.45, 7) is 9.92. The van der Waals surface area contributed by atoms with Gasteiger partial charge in [-0.15, -0.1) is 6.42 Å². The van der Waals surface area contributed by atoms with Crippen molar-refractivity contribution in [1.82, 2.24) is 0 Å². The molecule has 3 rings (SSSR count). The van der Waals surface area contributed by atoms with Crippen LogP contribution in [0.25, 0.3) is 0 Å². The van der Waals surface area contributed by atoms with Crippen LogP contribution in [0.1, 0.15) is 46.2 Å². The molecule has 2 atom stereocenters. The molecule has 0 saturated carbocycles. The minimum Gasteiger partial charge on any atom is -0.495 e. The van der Waals surface area contributed by atoms with Crippen LogP contribution in [0.15, 0.2) is 95.3 Å². The largest absolute Gasteiger partial charge is 0.495 e. The summed E-state index contributed by atoms with van der Waals surface area (Å²) in [6, 6.07) is 18.2. The van der Waals surface area contributed by atoms with Crippen LogP contribution in [0.2, 0.25) is 0 Å². The first-order valence-electron chi connectivity index (χ1n) is 12.2. The minimum absolute atomic E-state index is 0.141. The summed E-state index contributed by atoms with van der Waals surface area (Å²) in [5.74, 6) is 4.05. The number of allylic oxidation sites excluding steroid dienone is 3. The standard InChI is InChI=1S/C27H28N2O2.2C2H6/c1-6-19-28-25-20(7-2)17-18-22(27(25)31-5)26(21-13-9-8-10-14-21)29(3)23-15-11-12-16-24(23)30-4;2*1-2/h2,6,8-20,26H,1,3-5H3;2*1-2H3/b19-6-,28-25?;;. The van der Waals surface area contributed by atoms with E-state index in [1.807, 2.05) is 89.2 Å². The highest BCUT2D eigenvalue weighted by Crippen LogP contribution is 2.40. The molecule has 4 nitrogen and oxygen atoms in total. The lowest BCUT2D eigenvalue weighted by atomic mass is 9.86. The van der Waals surface area contributed by atoms with E-state index in [4.69, 9.17) is 15.9 Å². The van der Waals surface area contributed by atoms with Crippen LogP contribution in [-0.4, -0.2) is 27.0 Å². The summed E-state index contributed by atoms with van der Waals surface area (Å²) < 4.78 is 11.5. The fourth-order valence-electron chi connectivity index (χ4n) is 3.83. The van der Waals surface area contributed by atoms with Crippen molar-refractivity contribution in [2.24, 2.45) is 10.9 Å². The Bertz CT molecular complexity index is 1060. The van der Waals surface area contributed by atoms with E-state index < -0.39 is 0 Å². The summed E-state index contributed by atoms with van der Waals surface area (Å²) in [6.07, 6.45) is 13.5. The van der Waals surface area contributed by atoms with E-state index in [1.165, 1.54) is 0 Å². The quantitative estimate of drug-likeness (QED) is 0.389. The molecule has 1 aliphatic rings. The Balaban J connectivity index is 0.00000145. The average Bonchev–Trinajstić information content (AvgIpc) is 2.94. The van der Waals surface area contributed by atoms with Crippen molar-refractivity contribution in [3.05, 3.63) is 95.9 Å². The van der Waals surface area contributed by atoms with Gasteiger partial charge in [0.2, 0.25) is 0 Å². The van der Waals surface area contributed by atoms with E-state index in [-0.39, 0.29) is 12.0 Å². The predicted molar refractivity (Wildman–Crippen MR) is 151 cm³/mol. The number of methoxy groups -OCH3 is 2. The zero-order valence-corrected chi connectivity index (χ0v) is 22.4. The molecular formula is C31H40N2O2. The Morgan fingerprint density at radius 2 is 1.60 bits per heavy atom. The zero-order valence-electron chi connectivity index (χ0n) is 22.4. The molecule has 0 fully saturated rings. The number of terminal acetylenes is 1. The first-order valence-corrected chi connectivity index (χ1v) is 12.2. The third-order valence-corrected chi connectivity index (χ3v) is 5.27. The molecule has 35 heavy (non-hydrogen) atoms. The molecule has 0 spiro atoms. The number of benzene rings is 2. The number of likely N-dealkylation sites (N-methyl/N-ethyl adjacent to an activating group) is 1. The maximum atomic E-state index is 5.90. The molecule has 0 amide bonds. The number of nitrogens with zero attached hydrogens (tertiary/aromatic N) is 2. The van der Waals surface area contributed by atoms with Crippen molar-refractivity contribution in [3.63, 3.8) is 0 Å². The fourth-order valence-corrected chi connectivity index (χ4v) is 3.83. The van der Waals surface area contributed by atoms with E-state index in [9.17, 15) is 0 Å². The second kappa shape index (κ2) is 16.0. The van der Waals surface area contributed by atoms with E-state index in [0.29, 0.717) is 5.76 Å². The van der Waals surface area contributed by atoms with E-state index in [0.717, 1.165) is 28.3 Å². The summed E-state index contributed by atoms with van der Waals surface area (Å²) in [7, 11) is 5.40. The van der Waals surface area contributed by atoms with Crippen molar-refractivity contribution in [2.45, 2.75) is 40.7 Å². The Kier molecular flexibility index (Phi) is 13.4. The highest BCUT2D eigenvalue weighted by Gasteiger charge is 2.31. The van der Waals surface area contributed by atoms with Gasteiger partial charge in [0.25, 0.3) is 0 Å². The molecule has 0 aliphatic heterocycles. The number of rotatable bonds is 7. The van der Waals surface area contributed by atoms with Crippen LogP contribution in [0, 0.1) is 18.3 Å². The normalized spacial score (nSPS) is 16.4. The number of hydrogen-bond acceptors (Lipinski definition) is 4. The number of aliphatic imine (C=N–C) groups is 1. The molecule has 4 heteroatoms. The monoisotopic (exact) mass is 472 g/mol. The molecule has 0 saturated heterocycles. The van der Waals surface area contributed by atoms with E-state index in [1.54, 1.807) is 20.4 Å². The third kappa shape index (κ3) is 7.13. The van der Waals surface area contributed by atoms with Crippen LogP contribution in [0.5, 0.6) is 5.75 Å². The van der Waals surface area contributed by atoms with Crippen molar-refractivity contribution in [3.8, 4) is 18.1 Å². The van der Waals surface area contributed by atoms with E-state index in [2.05, 4.69) is 41.1 Å². The van der Waals surface area contributed by atoms with Gasteiger partial charge in [-0.05, 0) is 24.6 Å². The number of anilines is 1. The first kappa shape index (κ1) is 29.3. The third-order valence-electron chi connectivity index (χ3n) is 5.27. The molecular weight excluding hydrogens is 432 g/mol. The van der Waals surface area contributed by atoms with Gasteiger partial charge in [-0.25, -0.2) is 0 Å². The van der Waals surface area contributed by atoms with Gasteiger partial charge in [0.1, 0.15) is 17.2 Å². The number of hydrogen-bond donors (Lipinski definition) is 0. The summed E-state index contributed by atoms with van der Waals surface area (Å²) in [5.41, 5.74) is 3.81. The van der Waals surface area contributed by atoms with Gasteiger partial charge < -0.3 is 14.4 Å². The number of ether oxygens (including phenoxy) is 2. The second-order valence-electron chi connectivity index (χ2n) is 7.08. The maximum absolute atomic E-state index is 5.90. The van der Waals surface area contributed by atoms with Gasteiger partial charge >= 0.3 is 0 Å². The van der Waals surface area contributed by atoms with Crippen LogP contribution < -0.4 is 9.64 Å². The predicted octanol–water partition coefficient (Wildman–Crippen LogP) is 7.62. The van der Waals surface area contributed by atoms with Crippen molar-refractivity contribution >= 4 is 11.4 Å². The highest BCUT2D eigenvalue weighted by atomic mass is 16.5. The molecule has 2 aromatic carbocycles. The van der Waals surface area contributed by atoms with Crippen LogP contribution in [0.3, 0.4) is 0 Å². The van der Waals surface area contributed by atoms with Gasteiger partial charge in [-0.1, -0.05) is 94.3 Å². The smallest absolute Gasteiger partial charge is 0.147 e. The van der Waals surface area contributed by atoms with Gasteiger partial charge in [-0.2, -0.15) is 0 Å². The Hall–Kier alpha value is -3.71. The molecule has 2 aromatic rings. The number of para-hydroxylation sites is 2. The lowest BCUT2D eigenvalue weighted by molar-refractivity contribution is 0.306. The maximum Gasteiger partial charge on any atom is 0.147 e. The van der Waals surface area contributed by atoms with Crippen LogP contribution in [0.4, 0.5) is 5.69 Å². The van der Waals surface area contributed by atoms with Gasteiger partial charge in [0.15, 0.2) is 0 Å². The minimum atomic E-state index is -0.247. The second-order valence-corrected chi connectivity index (χ2v) is 7.08. The Morgan fingerprint density at radius 3 is 2.17 bits per heavy atom. The van der Waals surface area contributed by atoms with Gasteiger partial charge in [0, 0.05) is 18.8 Å². The molecule has 186 valence electrons. The Labute approximate surface area is 212 Å². The fraction of sp³-hybridized carbons (Fsp3) is 0.323. The van der Waals surface area contributed by atoms with Gasteiger partial charge in [0.05, 0.1) is 31.9 Å². The lowest BCUT2D eigenvalue weighted by Crippen LogP contribution is -2.30. The molecule has 0 N–H and O–H groups in total. The SMILES string of the molecule is C#CC1C=CC(C(c2ccccc2)N(C)c2ccccc2OC)=C(OC)C1=N/C=C\C.CC.CC. The van der Waals surface area contributed by atoms with Crippen LogP contribution >= 0.6 is 0 Å². The van der Waals surface area contributed by atoms with Gasteiger partial charge in [-0.3, -0.25) is 4.99 Å².